The molecule has 0 bridgehead atoms. The van der Waals surface area contributed by atoms with E-state index in [-0.39, 0.29) is 27.3 Å². The number of aromatic amines is 1. The van der Waals surface area contributed by atoms with Gasteiger partial charge in [0.05, 0.1) is 6.61 Å². The fraction of sp³-hybridized carbons (Fsp3) is 0.826. The average Bonchev–Trinajstić information content (AvgIpc) is 2.95. The van der Waals surface area contributed by atoms with Crippen LogP contribution < -0.4 is 11.2 Å². The second-order valence-electron chi connectivity index (χ2n) is 12.9. The van der Waals surface area contributed by atoms with Gasteiger partial charge in [0.1, 0.15) is 18.3 Å². The van der Waals surface area contributed by atoms with Crippen LogP contribution in [0.4, 0.5) is 0 Å². The van der Waals surface area contributed by atoms with Crippen LogP contribution in [-0.2, 0) is 18.0 Å². The third kappa shape index (κ3) is 4.62. The highest BCUT2D eigenvalue weighted by Gasteiger charge is 2.65. The average molecular weight is 499 g/mol. The molecule has 2 aliphatic rings. The van der Waals surface area contributed by atoms with Gasteiger partial charge in [-0.05, 0) is 18.1 Å². The lowest BCUT2D eigenvalue weighted by molar-refractivity contribution is -0.0809. The summed E-state index contributed by atoms with van der Waals surface area (Å²) in [7, 11) is -5.04. The molecule has 0 aliphatic carbocycles. The molecule has 2 saturated heterocycles. The molecular weight excluding hydrogens is 456 g/mol. The number of hydrogen-bond acceptors (Lipinski definition) is 6. The molecule has 1 aromatic heterocycles. The largest absolute Gasteiger partial charge is 0.407 e. The minimum atomic E-state index is -2.78. The fourth-order valence-corrected chi connectivity index (χ4v) is 11.1. The smallest absolute Gasteiger partial charge is 0.349 e. The van der Waals surface area contributed by atoms with Gasteiger partial charge in [-0.2, -0.15) is 0 Å². The van der Waals surface area contributed by atoms with Gasteiger partial charge < -0.3 is 18.0 Å². The van der Waals surface area contributed by atoms with Gasteiger partial charge in [-0.25, -0.2) is 4.79 Å². The van der Waals surface area contributed by atoms with Crippen molar-refractivity contribution in [3.05, 3.63) is 33.1 Å². The van der Waals surface area contributed by atoms with Crippen molar-refractivity contribution in [2.45, 2.75) is 115 Å². The van der Waals surface area contributed by atoms with E-state index in [1.165, 1.54) is 16.8 Å². The molecule has 0 saturated carbocycles. The van der Waals surface area contributed by atoms with Crippen molar-refractivity contribution in [3.8, 4) is 0 Å². The number of aromatic nitrogens is 2. The Morgan fingerprint density at radius 3 is 2.12 bits per heavy atom. The van der Waals surface area contributed by atoms with Gasteiger partial charge in [-0.3, -0.25) is 14.3 Å². The molecule has 0 radical (unpaired) electrons. The Kier molecular flexibility index (Phi) is 6.65. The minimum absolute atomic E-state index is 0.0423. The van der Waals surface area contributed by atoms with Gasteiger partial charge in [-0.1, -0.05) is 62.3 Å². The van der Waals surface area contributed by atoms with Gasteiger partial charge in [0.25, 0.3) is 5.56 Å². The molecule has 0 spiro atoms. The van der Waals surface area contributed by atoms with E-state index < -0.39 is 40.5 Å². The van der Waals surface area contributed by atoms with Crippen LogP contribution in [0.5, 0.6) is 0 Å². The Hall–Kier alpha value is -1.05. The van der Waals surface area contributed by atoms with Crippen LogP contribution in [-0.4, -0.2) is 51.3 Å². The van der Waals surface area contributed by atoms with E-state index in [4.69, 9.17) is 18.0 Å². The van der Waals surface area contributed by atoms with Crippen LogP contribution in [0, 0.1) is 0 Å². The van der Waals surface area contributed by atoms with E-state index >= 15 is 0 Å². The van der Waals surface area contributed by atoms with Crippen LogP contribution in [0.1, 0.15) is 68.5 Å². The highest BCUT2D eigenvalue weighted by molar-refractivity contribution is 6.74. The lowest BCUT2D eigenvalue weighted by Crippen LogP contribution is -2.66. The standard InChI is InChI=1S/C23H42N2O6Si2/c1-21(2,3)32(10,11)30-18-17-15(29-19(18)25-13-12-16(26)24-20(25)27)14-28-33(31-17,22(4,5)6)23(7,8)9/h12-13,15,17-19H,14H2,1-11H3,(H,24,26,27)/t15-,17?,18?,19-/m1/s1. The molecule has 3 rings (SSSR count). The Labute approximate surface area is 199 Å². The van der Waals surface area contributed by atoms with E-state index in [1.807, 2.05) is 0 Å². The molecule has 2 fully saturated rings. The maximum absolute atomic E-state index is 12.7. The lowest BCUT2D eigenvalue weighted by Gasteiger charge is -2.54. The predicted octanol–water partition coefficient (Wildman–Crippen LogP) is 4.28. The number of hydrogen-bond donors (Lipinski definition) is 1. The zero-order chi connectivity index (χ0) is 25.2. The Bertz CT molecular complexity index is 969. The van der Waals surface area contributed by atoms with Crippen LogP contribution in [0.15, 0.2) is 21.9 Å². The summed E-state index contributed by atoms with van der Waals surface area (Å²) in [5, 5.41) is -0.422. The maximum atomic E-state index is 12.7. The highest BCUT2D eigenvalue weighted by atomic mass is 28.4. The predicted molar refractivity (Wildman–Crippen MR) is 133 cm³/mol. The molecule has 3 heterocycles. The molecule has 1 aromatic rings. The molecule has 4 atom stereocenters. The highest BCUT2D eigenvalue weighted by Crippen LogP contribution is 2.56. The van der Waals surface area contributed by atoms with Crippen molar-refractivity contribution < 1.29 is 18.0 Å². The molecule has 2 unspecified atom stereocenters. The summed E-state index contributed by atoms with van der Waals surface area (Å²) in [4.78, 5) is 26.7. The van der Waals surface area contributed by atoms with Crippen LogP contribution >= 0.6 is 0 Å². The van der Waals surface area contributed by atoms with Crippen molar-refractivity contribution in [2.75, 3.05) is 6.61 Å². The molecule has 1 N–H and O–H groups in total. The van der Waals surface area contributed by atoms with Crippen molar-refractivity contribution in [1.82, 2.24) is 9.55 Å². The molecular formula is C23H42N2O6Si2. The molecule has 0 amide bonds. The Morgan fingerprint density at radius 2 is 1.64 bits per heavy atom. The third-order valence-corrected chi connectivity index (χ3v) is 17.0. The molecule has 0 aromatic carbocycles. The first-order valence-corrected chi connectivity index (χ1v) is 16.5. The summed E-state index contributed by atoms with van der Waals surface area (Å²) in [5.41, 5.74) is -0.967. The number of nitrogens with one attached hydrogen (secondary N) is 1. The SMILES string of the molecule is CC(C)(C)[Si](C)(C)OC1C2O[Si](C(C)(C)C)(C(C)(C)C)OC[C@H]2O[C@H]1n1ccc(=O)[nH]c1=O. The van der Waals surface area contributed by atoms with E-state index in [1.54, 1.807) is 0 Å². The van der Waals surface area contributed by atoms with Gasteiger partial charge >= 0.3 is 14.3 Å². The van der Waals surface area contributed by atoms with Gasteiger partial charge in [0.2, 0.25) is 0 Å². The van der Waals surface area contributed by atoms with Crippen molar-refractivity contribution in [2.24, 2.45) is 0 Å². The van der Waals surface area contributed by atoms with Gasteiger partial charge in [-0.15, -0.1) is 0 Å². The summed E-state index contributed by atoms with van der Waals surface area (Å²) in [6.45, 7) is 24.4. The van der Waals surface area contributed by atoms with Crippen molar-refractivity contribution >= 4 is 16.9 Å². The monoisotopic (exact) mass is 498 g/mol. The Balaban J connectivity index is 2.11. The van der Waals surface area contributed by atoms with E-state index in [0.29, 0.717) is 6.61 Å². The first kappa shape index (κ1) is 26.6. The second kappa shape index (κ2) is 8.27. The summed E-state index contributed by atoms with van der Waals surface area (Å²) < 4.78 is 28.3. The summed E-state index contributed by atoms with van der Waals surface area (Å²) >= 11 is 0. The molecule has 188 valence electrons. The quantitative estimate of drug-likeness (QED) is 0.625. The number of rotatable bonds is 3. The van der Waals surface area contributed by atoms with E-state index in [2.05, 4.69) is 80.4 Å². The number of fused-ring (bicyclic) bond motifs is 1. The number of ether oxygens (including phenoxy) is 1. The summed E-state index contributed by atoms with van der Waals surface area (Å²) in [6, 6.07) is 1.33. The van der Waals surface area contributed by atoms with E-state index in [9.17, 15) is 9.59 Å². The number of nitrogens with zero attached hydrogens (tertiary/aromatic N) is 1. The maximum Gasteiger partial charge on any atom is 0.349 e. The van der Waals surface area contributed by atoms with Crippen molar-refractivity contribution in [1.29, 1.82) is 0 Å². The Morgan fingerprint density at radius 1 is 1.06 bits per heavy atom. The zero-order valence-corrected chi connectivity index (χ0v) is 24.1. The van der Waals surface area contributed by atoms with Crippen LogP contribution in [0.3, 0.4) is 0 Å². The molecule has 2 aliphatic heterocycles. The van der Waals surface area contributed by atoms with Crippen molar-refractivity contribution in [3.63, 3.8) is 0 Å². The second-order valence-corrected chi connectivity index (χ2v) is 22.4. The van der Waals surface area contributed by atoms with Crippen LogP contribution in [0.25, 0.3) is 0 Å². The van der Waals surface area contributed by atoms with Gasteiger partial charge in [0.15, 0.2) is 14.5 Å². The zero-order valence-electron chi connectivity index (χ0n) is 22.1. The van der Waals surface area contributed by atoms with Crippen LogP contribution in [0.2, 0.25) is 28.2 Å². The fourth-order valence-electron chi connectivity index (χ4n) is 4.82. The summed E-state index contributed by atoms with van der Waals surface area (Å²) in [5.74, 6) is 0. The molecule has 10 heteroatoms. The molecule has 33 heavy (non-hydrogen) atoms. The molecule has 8 nitrogen and oxygen atoms in total. The topological polar surface area (TPSA) is 91.8 Å². The summed E-state index contributed by atoms with van der Waals surface area (Å²) in [6.07, 6.45) is -0.480. The lowest BCUT2D eigenvalue weighted by atomic mass is 10.1. The first-order chi connectivity index (χ1) is 14.8. The number of H-pyrrole nitrogens is 1. The minimum Gasteiger partial charge on any atom is -0.407 e. The van der Waals surface area contributed by atoms with Gasteiger partial charge in [0, 0.05) is 22.3 Å². The normalized spacial score (nSPS) is 28.6. The van der Waals surface area contributed by atoms with E-state index in [0.717, 1.165) is 0 Å². The third-order valence-electron chi connectivity index (χ3n) is 7.38. The first-order valence-electron chi connectivity index (χ1n) is 11.8.